The highest BCUT2D eigenvalue weighted by molar-refractivity contribution is 6.01. The Balaban J connectivity index is 2.09. The van der Waals surface area contributed by atoms with Gasteiger partial charge in [0.05, 0.1) is 0 Å². The fourth-order valence-corrected chi connectivity index (χ4v) is 2.42. The van der Waals surface area contributed by atoms with E-state index in [1.165, 1.54) is 5.56 Å². The summed E-state index contributed by atoms with van der Waals surface area (Å²) in [6.45, 7) is 2.16. The van der Waals surface area contributed by atoms with Gasteiger partial charge in [-0.3, -0.25) is 4.98 Å². The Bertz CT molecular complexity index is 750. The van der Waals surface area contributed by atoms with Gasteiger partial charge in [0.1, 0.15) is 0 Å². The third-order valence-corrected chi connectivity index (χ3v) is 3.52. The first-order chi connectivity index (χ1) is 9.79. The van der Waals surface area contributed by atoms with Gasteiger partial charge in [0, 0.05) is 40.2 Å². The summed E-state index contributed by atoms with van der Waals surface area (Å²) >= 11 is 0. The molecule has 1 aromatic heterocycles. The van der Waals surface area contributed by atoms with E-state index in [9.17, 15) is 0 Å². The summed E-state index contributed by atoms with van der Waals surface area (Å²) in [5.74, 6) is 0. The van der Waals surface area contributed by atoms with Crippen LogP contribution in [0.5, 0.6) is 0 Å². The van der Waals surface area contributed by atoms with Gasteiger partial charge in [0.15, 0.2) is 0 Å². The fourth-order valence-electron chi connectivity index (χ4n) is 2.42. The molecule has 3 nitrogen and oxygen atoms in total. The van der Waals surface area contributed by atoms with Crippen LogP contribution < -0.4 is 11.1 Å². The van der Waals surface area contributed by atoms with Crippen molar-refractivity contribution in [1.29, 1.82) is 0 Å². The number of benzene rings is 2. The third kappa shape index (κ3) is 2.18. The van der Waals surface area contributed by atoms with Gasteiger partial charge in [0.2, 0.25) is 0 Å². The molecule has 2 aromatic carbocycles. The number of hydrogen-bond acceptors (Lipinski definition) is 3. The first-order valence-corrected chi connectivity index (χ1v) is 6.76. The van der Waals surface area contributed by atoms with E-state index >= 15 is 0 Å². The molecule has 0 spiro atoms. The maximum atomic E-state index is 6.01. The molecule has 0 fully saturated rings. The van der Waals surface area contributed by atoms with Crippen molar-refractivity contribution in [3.8, 4) is 0 Å². The third-order valence-electron chi connectivity index (χ3n) is 3.52. The molecule has 0 bridgehead atoms. The number of pyridine rings is 1. The molecule has 3 N–H and O–H groups in total. The molecule has 3 aromatic rings. The number of aryl methyl sites for hydroxylation is 1. The van der Waals surface area contributed by atoms with Crippen molar-refractivity contribution in [3.05, 3.63) is 60.4 Å². The Morgan fingerprint density at radius 1 is 1.00 bits per heavy atom. The number of anilines is 3. The summed E-state index contributed by atoms with van der Waals surface area (Å²) in [5, 5.41) is 5.58. The van der Waals surface area contributed by atoms with Crippen LogP contribution in [0.3, 0.4) is 0 Å². The number of hydrogen-bond donors (Lipinski definition) is 2. The molecule has 3 rings (SSSR count). The molecular formula is C17H17N3. The van der Waals surface area contributed by atoms with Gasteiger partial charge in [-0.2, -0.15) is 0 Å². The van der Waals surface area contributed by atoms with Gasteiger partial charge in [-0.1, -0.05) is 25.1 Å². The summed E-state index contributed by atoms with van der Waals surface area (Å²) < 4.78 is 0. The molecule has 0 radical (unpaired) electrons. The summed E-state index contributed by atoms with van der Waals surface area (Å²) in [7, 11) is 0. The van der Waals surface area contributed by atoms with Gasteiger partial charge in [0.25, 0.3) is 0 Å². The number of nitrogen functional groups attached to an aromatic ring is 1. The van der Waals surface area contributed by atoms with Crippen LogP contribution in [0, 0.1) is 0 Å². The number of nitrogens with two attached hydrogens (primary N) is 1. The first-order valence-electron chi connectivity index (χ1n) is 6.76. The quantitative estimate of drug-likeness (QED) is 0.699. The lowest BCUT2D eigenvalue weighted by Gasteiger charge is -2.13. The fraction of sp³-hybridized carbons (Fsp3) is 0.118. The molecule has 0 atom stereocenters. The standard InChI is InChI=1S/C17H17N3/c1-2-12-5-3-4-6-16(12)20-17-8-7-15(18)14-11-19-10-9-13(14)17/h3-11,20H,2,18H2,1H3. The molecule has 20 heavy (non-hydrogen) atoms. The SMILES string of the molecule is CCc1ccccc1Nc1ccc(N)c2cnccc12. The van der Waals surface area contributed by atoms with Crippen molar-refractivity contribution in [3.63, 3.8) is 0 Å². The maximum Gasteiger partial charge on any atom is 0.0466 e. The van der Waals surface area contributed by atoms with Crippen LogP contribution >= 0.6 is 0 Å². The second kappa shape index (κ2) is 5.21. The van der Waals surface area contributed by atoms with Gasteiger partial charge in [-0.15, -0.1) is 0 Å². The molecule has 3 heteroatoms. The van der Waals surface area contributed by atoms with Crippen LogP contribution in [0.15, 0.2) is 54.9 Å². The van der Waals surface area contributed by atoms with E-state index in [0.717, 1.165) is 34.3 Å². The minimum absolute atomic E-state index is 0.752. The Kier molecular flexibility index (Phi) is 3.25. The highest BCUT2D eigenvalue weighted by atomic mass is 14.9. The van der Waals surface area contributed by atoms with Crippen LogP contribution in [0.25, 0.3) is 10.8 Å². The first kappa shape index (κ1) is 12.5. The van der Waals surface area contributed by atoms with Crippen LogP contribution in [0.4, 0.5) is 17.1 Å². The van der Waals surface area contributed by atoms with Crippen molar-refractivity contribution in [1.82, 2.24) is 4.98 Å². The van der Waals surface area contributed by atoms with Crippen molar-refractivity contribution in [2.75, 3.05) is 11.1 Å². The van der Waals surface area contributed by atoms with Crippen molar-refractivity contribution < 1.29 is 0 Å². The molecule has 0 unspecified atom stereocenters. The van der Waals surface area contributed by atoms with E-state index in [-0.39, 0.29) is 0 Å². The monoisotopic (exact) mass is 263 g/mol. The highest BCUT2D eigenvalue weighted by Gasteiger charge is 2.06. The molecule has 0 aliphatic rings. The van der Waals surface area contributed by atoms with E-state index in [1.807, 2.05) is 30.5 Å². The number of rotatable bonds is 3. The zero-order chi connectivity index (χ0) is 13.9. The zero-order valence-electron chi connectivity index (χ0n) is 11.4. The lowest BCUT2D eigenvalue weighted by atomic mass is 10.1. The van der Waals surface area contributed by atoms with E-state index in [2.05, 4.69) is 35.4 Å². The van der Waals surface area contributed by atoms with E-state index in [1.54, 1.807) is 6.20 Å². The highest BCUT2D eigenvalue weighted by Crippen LogP contribution is 2.30. The maximum absolute atomic E-state index is 6.01. The molecule has 0 amide bonds. The van der Waals surface area contributed by atoms with E-state index in [4.69, 9.17) is 5.73 Å². The Hall–Kier alpha value is -2.55. The minimum Gasteiger partial charge on any atom is -0.398 e. The second-order valence-corrected chi connectivity index (χ2v) is 4.76. The van der Waals surface area contributed by atoms with Crippen LogP contribution in [0.2, 0.25) is 0 Å². The Labute approximate surface area is 118 Å². The van der Waals surface area contributed by atoms with Gasteiger partial charge >= 0.3 is 0 Å². The van der Waals surface area contributed by atoms with Gasteiger partial charge in [-0.25, -0.2) is 0 Å². The molecule has 100 valence electrons. The number of para-hydroxylation sites is 1. The number of aromatic nitrogens is 1. The number of fused-ring (bicyclic) bond motifs is 1. The minimum atomic E-state index is 0.752. The predicted octanol–water partition coefficient (Wildman–Crippen LogP) is 4.12. The van der Waals surface area contributed by atoms with Gasteiger partial charge < -0.3 is 11.1 Å². The van der Waals surface area contributed by atoms with Crippen LogP contribution in [-0.2, 0) is 6.42 Å². The second-order valence-electron chi connectivity index (χ2n) is 4.76. The summed E-state index contributed by atoms with van der Waals surface area (Å²) in [5.41, 5.74) is 10.2. The summed E-state index contributed by atoms with van der Waals surface area (Å²) in [6.07, 6.45) is 4.60. The number of nitrogens with one attached hydrogen (secondary N) is 1. The van der Waals surface area contributed by atoms with E-state index in [0.29, 0.717) is 0 Å². The lowest BCUT2D eigenvalue weighted by Crippen LogP contribution is -1.97. The number of nitrogens with zero attached hydrogens (tertiary/aromatic N) is 1. The smallest absolute Gasteiger partial charge is 0.0466 e. The van der Waals surface area contributed by atoms with Gasteiger partial charge in [-0.05, 0) is 36.2 Å². The van der Waals surface area contributed by atoms with Crippen molar-refractivity contribution in [2.24, 2.45) is 0 Å². The van der Waals surface area contributed by atoms with Crippen LogP contribution in [-0.4, -0.2) is 4.98 Å². The van der Waals surface area contributed by atoms with Crippen molar-refractivity contribution in [2.45, 2.75) is 13.3 Å². The normalized spacial score (nSPS) is 10.7. The molecule has 0 saturated carbocycles. The summed E-state index contributed by atoms with van der Waals surface area (Å²) in [4.78, 5) is 4.15. The molecule has 0 aliphatic heterocycles. The zero-order valence-corrected chi connectivity index (χ0v) is 11.4. The largest absolute Gasteiger partial charge is 0.398 e. The lowest BCUT2D eigenvalue weighted by molar-refractivity contribution is 1.14. The molecular weight excluding hydrogens is 246 g/mol. The Morgan fingerprint density at radius 3 is 2.70 bits per heavy atom. The van der Waals surface area contributed by atoms with E-state index < -0.39 is 0 Å². The van der Waals surface area contributed by atoms with Crippen molar-refractivity contribution >= 4 is 27.8 Å². The Morgan fingerprint density at radius 2 is 1.85 bits per heavy atom. The average molecular weight is 263 g/mol. The molecule has 1 heterocycles. The molecule has 0 saturated heterocycles. The predicted molar refractivity (Wildman–Crippen MR) is 85.3 cm³/mol. The van der Waals surface area contributed by atoms with Crippen LogP contribution in [0.1, 0.15) is 12.5 Å². The summed E-state index contributed by atoms with van der Waals surface area (Å²) in [6, 6.07) is 14.3. The topological polar surface area (TPSA) is 50.9 Å². The molecule has 0 aliphatic carbocycles. The average Bonchev–Trinajstić information content (AvgIpc) is 2.51.